The fraction of sp³-hybridized carbons (Fsp3) is 0.571. The number of halogens is 1. The highest BCUT2D eigenvalue weighted by Gasteiger charge is 2.38. The standard InChI is InChI=1S/C14H21ClN2O2S/c1-14(2,3)10-6-7-17(9-10)20(18,19)13-5-4-11(15)8-12(13)16/h4-5,8,10H,6-7,9,16H2,1-3H3. The molecule has 1 saturated heterocycles. The van der Waals surface area contributed by atoms with Crippen molar-refractivity contribution in [2.45, 2.75) is 32.1 Å². The molecule has 1 heterocycles. The van der Waals surface area contributed by atoms with E-state index < -0.39 is 10.0 Å². The summed E-state index contributed by atoms with van der Waals surface area (Å²) in [5, 5.41) is 0.440. The van der Waals surface area contributed by atoms with Crippen molar-refractivity contribution >= 4 is 27.3 Å². The summed E-state index contributed by atoms with van der Waals surface area (Å²) in [5.74, 6) is 0.366. The second-order valence-electron chi connectivity index (χ2n) is 6.40. The van der Waals surface area contributed by atoms with E-state index in [1.807, 2.05) is 0 Å². The Bertz CT molecular complexity index is 608. The van der Waals surface area contributed by atoms with Crippen LogP contribution < -0.4 is 5.73 Å². The van der Waals surface area contributed by atoms with Crippen LogP contribution in [0.25, 0.3) is 0 Å². The maximum Gasteiger partial charge on any atom is 0.245 e. The number of nitrogens with zero attached hydrogens (tertiary/aromatic N) is 1. The quantitative estimate of drug-likeness (QED) is 0.853. The molecule has 1 fully saturated rings. The summed E-state index contributed by atoms with van der Waals surface area (Å²) in [5.41, 5.74) is 6.12. The zero-order valence-corrected chi connectivity index (χ0v) is 13.6. The number of benzene rings is 1. The number of anilines is 1. The second-order valence-corrected chi connectivity index (χ2v) is 8.74. The Morgan fingerprint density at radius 1 is 1.35 bits per heavy atom. The van der Waals surface area contributed by atoms with E-state index in [0.29, 0.717) is 24.0 Å². The molecule has 20 heavy (non-hydrogen) atoms. The van der Waals surface area contributed by atoms with Crippen LogP contribution in [0.5, 0.6) is 0 Å². The van der Waals surface area contributed by atoms with Crippen LogP contribution in [-0.2, 0) is 10.0 Å². The highest BCUT2D eigenvalue weighted by atomic mass is 35.5. The molecule has 6 heteroatoms. The maximum absolute atomic E-state index is 12.6. The molecule has 1 aliphatic rings. The monoisotopic (exact) mass is 316 g/mol. The van der Waals surface area contributed by atoms with E-state index in [1.54, 1.807) is 6.07 Å². The number of sulfonamides is 1. The van der Waals surface area contributed by atoms with Crippen LogP contribution in [0.3, 0.4) is 0 Å². The normalized spacial score (nSPS) is 21.3. The summed E-state index contributed by atoms with van der Waals surface area (Å²) in [6, 6.07) is 4.52. The Labute approximate surface area is 126 Å². The van der Waals surface area contributed by atoms with Gasteiger partial charge in [-0.1, -0.05) is 32.4 Å². The average molecular weight is 317 g/mol. The zero-order valence-electron chi connectivity index (χ0n) is 12.1. The first-order valence-electron chi connectivity index (χ1n) is 6.67. The van der Waals surface area contributed by atoms with Gasteiger partial charge in [-0.3, -0.25) is 0 Å². The minimum absolute atomic E-state index is 0.107. The lowest BCUT2D eigenvalue weighted by molar-refractivity contribution is 0.252. The van der Waals surface area contributed by atoms with Crippen LogP contribution in [0.1, 0.15) is 27.2 Å². The van der Waals surface area contributed by atoms with Crippen LogP contribution in [0.4, 0.5) is 5.69 Å². The molecule has 0 amide bonds. The summed E-state index contributed by atoms with van der Waals surface area (Å²) in [6.07, 6.45) is 0.885. The van der Waals surface area contributed by atoms with Gasteiger partial charge in [0.15, 0.2) is 0 Å². The Hall–Kier alpha value is -0.780. The predicted octanol–water partition coefficient (Wildman–Crippen LogP) is 2.98. The average Bonchev–Trinajstić information content (AvgIpc) is 2.77. The topological polar surface area (TPSA) is 63.4 Å². The highest BCUT2D eigenvalue weighted by Crippen LogP contribution is 2.36. The fourth-order valence-corrected chi connectivity index (χ4v) is 4.32. The molecule has 0 bridgehead atoms. The molecule has 1 atom stereocenters. The van der Waals surface area contributed by atoms with Gasteiger partial charge in [0.25, 0.3) is 0 Å². The van der Waals surface area contributed by atoms with Crippen molar-refractivity contribution in [3.63, 3.8) is 0 Å². The van der Waals surface area contributed by atoms with Crippen LogP contribution in [0.2, 0.25) is 5.02 Å². The molecular weight excluding hydrogens is 296 g/mol. The minimum atomic E-state index is -3.53. The molecule has 0 spiro atoms. The number of nitrogens with two attached hydrogens (primary N) is 1. The van der Waals surface area contributed by atoms with E-state index in [0.717, 1.165) is 6.42 Å². The molecular formula is C14H21ClN2O2S. The second kappa shape index (κ2) is 5.20. The summed E-state index contributed by atoms with van der Waals surface area (Å²) in [6.45, 7) is 7.53. The van der Waals surface area contributed by atoms with Crippen molar-refractivity contribution < 1.29 is 8.42 Å². The molecule has 1 aromatic rings. The lowest BCUT2D eigenvalue weighted by atomic mass is 9.80. The van der Waals surface area contributed by atoms with E-state index >= 15 is 0 Å². The molecule has 0 aromatic heterocycles. The van der Waals surface area contributed by atoms with Gasteiger partial charge in [-0.2, -0.15) is 4.31 Å². The third kappa shape index (κ3) is 2.95. The molecule has 1 aliphatic heterocycles. The molecule has 0 radical (unpaired) electrons. The number of hydrogen-bond donors (Lipinski definition) is 1. The van der Waals surface area contributed by atoms with Crippen molar-refractivity contribution in [2.75, 3.05) is 18.8 Å². The summed E-state index contributed by atoms with van der Waals surface area (Å²) < 4.78 is 26.8. The van der Waals surface area contributed by atoms with E-state index in [9.17, 15) is 8.42 Å². The molecule has 2 rings (SSSR count). The lowest BCUT2D eigenvalue weighted by Crippen LogP contribution is -2.31. The van der Waals surface area contributed by atoms with Crippen LogP contribution in [0.15, 0.2) is 23.1 Å². The fourth-order valence-electron chi connectivity index (χ4n) is 2.55. The first kappa shape index (κ1) is 15.6. The van der Waals surface area contributed by atoms with E-state index in [4.69, 9.17) is 17.3 Å². The largest absolute Gasteiger partial charge is 0.398 e. The van der Waals surface area contributed by atoms with Gasteiger partial charge >= 0.3 is 0 Å². The molecule has 4 nitrogen and oxygen atoms in total. The molecule has 2 N–H and O–H groups in total. The molecule has 112 valence electrons. The summed E-state index contributed by atoms with van der Waals surface area (Å²) in [7, 11) is -3.53. The molecule has 1 aromatic carbocycles. The summed E-state index contributed by atoms with van der Waals surface area (Å²) >= 11 is 5.82. The predicted molar refractivity (Wildman–Crippen MR) is 82.2 cm³/mol. The lowest BCUT2D eigenvalue weighted by Gasteiger charge is -2.27. The molecule has 0 saturated carbocycles. The van der Waals surface area contributed by atoms with Gasteiger partial charge in [0.1, 0.15) is 4.90 Å². The van der Waals surface area contributed by atoms with E-state index in [-0.39, 0.29) is 16.0 Å². The smallest absolute Gasteiger partial charge is 0.245 e. The Balaban J connectivity index is 2.28. The number of nitrogen functional groups attached to an aromatic ring is 1. The van der Waals surface area contributed by atoms with Crippen molar-refractivity contribution in [1.82, 2.24) is 4.31 Å². The highest BCUT2D eigenvalue weighted by molar-refractivity contribution is 7.89. The Morgan fingerprint density at radius 3 is 2.50 bits per heavy atom. The van der Waals surface area contributed by atoms with Crippen LogP contribution >= 0.6 is 11.6 Å². The SMILES string of the molecule is CC(C)(C)C1CCN(S(=O)(=O)c2ccc(Cl)cc2N)C1. The number of rotatable bonds is 2. The third-order valence-electron chi connectivity index (χ3n) is 3.97. The van der Waals surface area contributed by atoms with Gasteiger partial charge in [0.2, 0.25) is 10.0 Å². The first-order chi connectivity index (χ1) is 9.12. The Kier molecular flexibility index (Phi) is 4.06. The van der Waals surface area contributed by atoms with Gasteiger partial charge in [0, 0.05) is 18.1 Å². The van der Waals surface area contributed by atoms with Crippen molar-refractivity contribution in [3.05, 3.63) is 23.2 Å². The summed E-state index contributed by atoms with van der Waals surface area (Å²) in [4.78, 5) is 0.149. The molecule has 0 aliphatic carbocycles. The van der Waals surface area contributed by atoms with Gasteiger partial charge in [0.05, 0.1) is 5.69 Å². The zero-order chi connectivity index (χ0) is 15.1. The first-order valence-corrected chi connectivity index (χ1v) is 8.49. The van der Waals surface area contributed by atoms with Crippen molar-refractivity contribution in [2.24, 2.45) is 11.3 Å². The van der Waals surface area contributed by atoms with Gasteiger partial charge in [-0.25, -0.2) is 8.42 Å². The van der Waals surface area contributed by atoms with Crippen molar-refractivity contribution in [3.8, 4) is 0 Å². The van der Waals surface area contributed by atoms with Gasteiger partial charge in [-0.15, -0.1) is 0 Å². The van der Waals surface area contributed by atoms with E-state index in [2.05, 4.69) is 20.8 Å². The minimum Gasteiger partial charge on any atom is -0.398 e. The van der Waals surface area contributed by atoms with Crippen LogP contribution in [0, 0.1) is 11.3 Å². The van der Waals surface area contributed by atoms with Crippen LogP contribution in [-0.4, -0.2) is 25.8 Å². The van der Waals surface area contributed by atoms with Gasteiger partial charge < -0.3 is 5.73 Å². The van der Waals surface area contributed by atoms with E-state index in [1.165, 1.54) is 16.4 Å². The van der Waals surface area contributed by atoms with Crippen molar-refractivity contribution in [1.29, 1.82) is 0 Å². The van der Waals surface area contributed by atoms with Gasteiger partial charge in [-0.05, 0) is 36.0 Å². The third-order valence-corrected chi connectivity index (χ3v) is 6.14. The maximum atomic E-state index is 12.6. The Morgan fingerprint density at radius 2 is 2.00 bits per heavy atom. The number of hydrogen-bond acceptors (Lipinski definition) is 3. The molecule has 1 unspecified atom stereocenters.